The molecule has 1 fully saturated rings. The molecule has 1 saturated heterocycles. The van der Waals surface area contributed by atoms with Crippen LogP contribution in [0.5, 0.6) is 0 Å². The van der Waals surface area contributed by atoms with Gasteiger partial charge in [0.25, 0.3) is 5.91 Å². The minimum absolute atomic E-state index is 0.115. The second-order valence-electron chi connectivity index (χ2n) is 5.72. The van der Waals surface area contributed by atoms with Crippen LogP contribution in [0.2, 0.25) is 0 Å². The summed E-state index contributed by atoms with van der Waals surface area (Å²) in [5.74, 6) is -0.904. The Labute approximate surface area is 144 Å². The average Bonchev–Trinajstić information content (AvgIpc) is 2.90. The Morgan fingerprint density at radius 3 is 2.75 bits per heavy atom. The van der Waals surface area contributed by atoms with Crippen LogP contribution in [0.3, 0.4) is 0 Å². The zero-order chi connectivity index (χ0) is 17.3. The Balaban J connectivity index is 1.86. The van der Waals surface area contributed by atoms with Crippen molar-refractivity contribution in [3.8, 4) is 0 Å². The lowest BCUT2D eigenvalue weighted by molar-refractivity contribution is 0.0770. The van der Waals surface area contributed by atoms with Gasteiger partial charge in [-0.3, -0.25) is 4.79 Å². The monoisotopic (exact) mass is 368 g/mol. The van der Waals surface area contributed by atoms with Gasteiger partial charge < -0.3 is 4.90 Å². The number of benzene rings is 1. The van der Waals surface area contributed by atoms with E-state index in [-0.39, 0.29) is 36.7 Å². The van der Waals surface area contributed by atoms with Gasteiger partial charge in [-0.15, -0.1) is 11.3 Å². The first-order valence-electron chi connectivity index (χ1n) is 7.55. The van der Waals surface area contributed by atoms with Gasteiger partial charge in [0, 0.05) is 18.7 Å². The van der Waals surface area contributed by atoms with Gasteiger partial charge in [0.2, 0.25) is 0 Å². The summed E-state index contributed by atoms with van der Waals surface area (Å²) < 4.78 is 39.2. The molecule has 5 nitrogen and oxygen atoms in total. The summed E-state index contributed by atoms with van der Waals surface area (Å²) in [6.07, 6.45) is 0.187. The fraction of sp³-hybridized carbons (Fsp3) is 0.375. The molecule has 2 heterocycles. The number of nitrogens with zero attached hydrogens (tertiary/aromatic N) is 2. The highest BCUT2D eigenvalue weighted by molar-refractivity contribution is 7.91. The summed E-state index contributed by atoms with van der Waals surface area (Å²) >= 11 is 1.25. The van der Waals surface area contributed by atoms with E-state index in [1.165, 1.54) is 34.4 Å². The van der Waals surface area contributed by atoms with Crippen LogP contribution < -0.4 is 0 Å². The Morgan fingerprint density at radius 2 is 2.08 bits per heavy atom. The zero-order valence-electron chi connectivity index (χ0n) is 13.1. The normalized spacial score (nSPS) is 20.6. The lowest BCUT2D eigenvalue weighted by atomic mass is 10.1. The number of aryl methyl sites for hydroxylation is 1. The lowest BCUT2D eigenvalue weighted by Gasteiger charge is -2.19. The molecule has 0 N–H and O–H groups in total. The quantitative estimate of drug-likeness (QED) is 0.817. The summed E-state index contributed by atoms with van der Waals surface area (Å²) in [6, 6.07) is 5.93. The van der Waals surface area contributed by atoms with E-state index in [2.05, 4.69) is 4.98 Å². The average molecular weight is 368 g/mol. The van der Waals surface area contributed by atoms with Gasteiger partial charge in [0.15, 0.2) is 9.84 Å². The number of carbonyl (C=O) groups is 1. The summed E-state index contributed by atoms with van der Waals surface area (Å²) in [6.45, 7) is 2.14. The van der Waals surface area contributed by atoms with Crippen LogP contribution in [0.4, 0.5) is 4.39 Å². The molecular weight excluding hydrogens is 351 g/mol. The molecule has 2 aromatic rings. The Hall–Kier alpha value is -1.80. The predicted molar refractivity (Wildman–Crippen MR) is 90.3 cm³/mol. The molecule has 1 aromatic carbocycles. The van der Waals surface area contributed by atoms with E-state index in [1.807, 2.05) is 0 Å². The van der Waals surface area contributed by atoms with Crippen molar-refractivity contribution in [1.29, 1.82) is 0 Å². The van der Waals surface area contributed by atoms with Crippen molar-refractivity contribution < 1.29 is 17.6 Å². The van der Waals surface area contributed by atoms with Crippen LogP contribution in [0, 0.1) is 12.7 Å². The van der Waals surface area contributed by atoms with Crippen LogP contribution >= 0.6 is 11.3 Å². The number of amides is 1. The largest absolute Gasteiger partial charge is 0.337 e. The first kappa shape index (κ1) is 17.0. The lowest BCUT2D eigenvalue weighted by Crippen LogP contribution is -2.33. The van der Waals surface area contributed by atoms with E-state index >= 15 is 0 Å². The number of hydrogen-bond donors (Lipinski definition) is 0. The van der Waals surface area contributed by atoms with Gasteiger partial charge in [0.1, 0.15) is 10.7 Å². The highest BCUT2D eigenvalue weighted by atomic mass is 32.2. The Bertz CT molecular complexity index is 864. The summed E-state index contributed by atoms with van der Waals surface area (Å²) in [5.41, 5.74) is 2.42. The first-order chi connectivity index (χ1) is 11.4. The minimum Gasteiger partial charge on any atom is -0.337 e. The van der Waals surface area contributed by atoms with Crippen molar-refractivity contribution in [3.63, 3.8) is 0 Å². The fourth-order valence-corrected chi connectivity index (χ4v) is 5.45. The van der Waals surface area contributed by atoms with Crippen LogP contribution in [0.1, 0.15) is 32.6 Å². The molecule has 0 bridgehead atoms. The SMILES string of the molecule is Cc1ncsc1C(=O)N1CCC(c2ccccc2F)S(=O)(=O)CC1. The molecule has 128 valence electrons. The van der Waals surface area contributed by atoms with Crippen molar-refractivity contribution in [2.24, 2.45) is 0 Å². The molecule has 1 atom stereocenters. The molecular formula is C16H17FN2O3S2. The van der Waals surface area contributed by atoms with Crippen molar-refractivity contribution in [2.75, 3.05) is 18.8 Å². The van der Waals surface area contributed by atoms with Crippen molar-refractivity contribution >= 4 is 27.1 Å². The maximum Gasteiger partial charge on any atom is 0.265 e. The zero-order valence-corrected chi connectivity index (χ0v) is 14.7. The third-order valence-electron chi connectivity index (χ3n) is 4.22. The van der Waals surface area contributed by atoms with Crippen LogP contribution in [-0.2, 0) is 9.84 Å². The number of rotatable bonds is 2. The van der Waals surface area contributed by atoms with Gasteiger partial charge >= 0.3 is 0 Å². The summed E-state index contributed by atoms with van der Waals surface area (Å²) in [5, 5.41) is -0.918. The maximum atomic E-state index is 14.0. The van der Waals surface area contributed by atoms with E-state index in [4.69, 9.17) is 0 Å². The molecule has 0 saturated carbocycles. The highest BCUT2D eigenvalue weighted by Gasteiger charge is 2.34. The van der Waals surface area contributed by atoms with Crippen LogP contribution in [-0.4, -0.2) is 43.1 Å². The minimum atomic E-state index is -3.53. The number of sulfone groups is 1. The molecule has 0 aliphatic carbocycles. The van der Waals surface area contributed by atoms with E-state index in [0.717, 1.165) is 0 Å². The van der Waals surface area contributed by atoms with Crippen molar-refractivity contribution in [2.45, 2.75) is 18.6 Å². The maximum absolute atomic E-state index is 14.0. The standard InChI is InChI=1S/C16H17FN2O3S2/c1-11-15(23-10-18-11)16(20)19-7-6-14(24(21,22)9-8-19)12-4-2-3-5-13(12)17/h2-5,10,14H,6-9H2,1H3. The number of hydrogen-bond acceptors (Lipinski definition) is 5. The smallest absolute Gasteiger partial charge is 0.265 e. The van der Waals surface area contributed by atoms with Gasteiger partial charge in [-0.25, -0.2) is 17.8 Å². The van der Waals surface area contributed by atoms with Gasteiger partial charge in [0.05, 0.1) is 22.2 Å². The molecule has 1 unspecified atom stereocenters. The molecule has 1 amide bonds. The van der Waals surface area contributed by atoms with Crippen molar-refractivity contribution in [3.05, 3.63) is 51.7 Å². The van der Waals surface area contributed by atoms with Gasteiger partial charge in [-0.05, 0) is 19.4 Å². The van der Waals surface area contributed by atoms with E-state index in [9.17, 15) is 17.6 Å². The molecule has 3 rings (SSSR count). The molecule has 1 aliphatic rings. The third kappa shape index (κ3) is 3.21. The number of carbonyl (C=O) groups excluding carboxylic acids is 1. The first-order valence-corrected chi connectivity index (χ1v) is 10.1. The third-order valence-corrected chi connectivity index (χ3v) is 7.24. The number of aromatic nitrogens is 1. The molecule has 8 heteroatoms. The Morgan fingerprint density at radius 1 is 1.33 bits per heavy atom. The van der Waals surface area contributed by atoms with E-state index < -0.39 is 20.9 Å². The second kappa shape index (κ2) is 6.60. The van der Waals surface area contributed by atoms with E-state index in [0.29, 0.717) is 10.6 Å². The number of thiazole rings is 1. The highest BCUT2D eigenvalue weighted by Crippen LogP contribution is 2.31. The number of halogens is 1. The van der Waals surface area contributed by atoms with Crippen LogP contribution in [0.25, 0.3) is 0 Å². The van der Waals surface area contributed by atoms with Gasteiger partial charge in [-0.2, -0.15) is 0 Å². The van der Waals surface area contributed by atoms with Gasteiger partial charge in [-0.1, -0.05) is 18.2 Å². The molecule has 0 radical (unpaired) electrons. The molecule has 0 spiro atoms. The second-order valence-corrected chi connectivity index (χ2v) is 8.88. The topological polar surface area (TPSA) is 67.3 Å². The van der Waals surface area contributed by atoms with Crippen LogP contribution in [0.15, 0.2) is 29.8 Å². The summed E-state index contributed by atoms with van der Waals surface area (Å²) in [4.78, 5) is 18.7. The van der Waals surface area contributed by atoms with E-state index in [1.54, 1.807) is 18.5 Å². The molecule has 1 aliphatic heterocycles. The molecule has 24 heavy (non-hydrogen) atoms. The molecule has 1 aromatic heterocycles. The summed E-state index contributed by atoms with van der Waals surface area (Å²) in [7, 11) is -3.53. The predicted octanol–water partition coefficient (Wildman–Crippen LogP) is 2.59. The Kier molecular flexibility index (Phi) is 4.69. The van der Waals surface area contributed by atoms with Crippen molar-refractivity contribution in [1.82, 2.24) is 9.88 Å². The fourth-order valence-electron chi connectivity index (χ4n) is 2.88.